The minimum absolute atomic E-state index is 0.0837. The molecule has 6 heteroatoms. The van der Waals surface area contributed by atoms with Crippen LogP contribution in [0.1, 0.15) is 36.6 Å². The van der Waals surface area contributed by atoms with Gasteiger partial charge in [0.25, 0.3) is 0 Å². The first-order chi connectivity index (χ1) is 11.8. The van der Waals surface area contributed by atoms with Crippen molar-refractivity contribution in [2.75, 3.05) is 0 Å². The normalized spacial score (nSPS) is 12.8. The summed E-state index contributed by atoms with van der Waals surface area (Å²) in [5.41, 5.74) is 2.22. The first kappa shape index (κ1) is 19.1. The van der Waals surface area contributed by atoms with Crippen molar-refractivity contribution in [2.45, 2.75) is 38.6 Å². The topological polar surface area (TPSA) is 75.3 Å². The van der Waals surface area contributed by atoms with E-state index in [9.17, 15) is 13.2 Å². The Labute approximate surface area is 149 Å². The van der Waals surface area contributed by atoms with Gasteiger partial charge in [-0.25, -0.2) is 8.42 Å². The summed E-state index contributed by atoms with van der Waals surface area (Å²) in [7, 11) is -3.70. The third kappa shape index (κ3) is 5.69. The fraction of sp³-hybridized carbons (Fsp3) is 0.316. The molecule has 0 saturated heterocycles. The summed E-state index contributed by atoms with van der Waals surface area (Å²) in [4.78, 5) is 12.5. The Morgan fingerprint density at radius 3 is 2.20 bits per heavy atom. The van der Waals surface area contributed by atoms with Crippen molar-refractivity contribution in [3.05, 3.63) is 71.3 Å². The third-order valence-corrected chi connectivity index (χ3v) is 5.02. The Bertz CT molecular complexity index is 818. The van der Waals surface area contributed by atoms with E-state index in [0.717, 1.165) is 5.56 Å². The number of rotatable bonds is 7. The van der Waals surface area contributed by atoms with Crippen LogP contribution in [0.25, 0.3) is 0 Å². The summed E-state index contributed by atoms with van der Waals surface area (Å²) in [6, 6.07) is 15.1. The van der Waals surface area contributed by atoms with Gasteiger partial charge >= 0.3 is 0 Å². The zero-order valence-corrected chi connectivity index (χ0v) is 15.5. The van der Waals surface area contributed by atoms with Crippen LogP contribution in [0.3, 0.4) is 0 Å². The van der Waals surface area contributed by atoms with Gasteiger partial charge in [-0.1, -0.05) is 54.6 Å². The number of hydrogen-bond acceptors (Lipinski definition) is 3. The molecule has 0 spiro atoms. The molecule has 0 aromatic heterocycles. The molecule has 0 radical (unpaired) electrons. The Kier molecular flexibility index (Phi) is 6.33. The molecular formula is C19H24N2O3S. The van der Waals surface area contributed by atoms with Gasteiger partial charge in [-0.15, -0.1) is 0 Å². The zero-order chi connectivity index (χ0) is 18.4. The summed E-state index contributed by atoms with van der Waals surface area (Å²) < 4.78 is 27.8. The lowest BCUT2D eigenvalue weighted by Gasteiger charge is -2.20. The quantitative estimate of drug-likeness (QED) is 0.797. The minimum atomic E-state index is -3.70. The predicted octanol–water partition coefficient (Wildman–Crippen LogP) is 2.68. The minimum Gasteiger partial charge on any atom is -0.352 e. The van der Waals surface area contributed by atoms with Gasteiger partial charge in [0.2, 0.25) is 15.9 Å². The van der Waals surface area contributed by atoms with Crippen molar-refractivity contribution in [3.8, 4) is 0 Å². The molecule has 0 fully saturated rings. The van der Waals surface area contributed by atoms with Gasteiger partial charge < -0.3 is 5.32 Å². The molecule has 2 aromatic rings. The summed E-state index contributed by atoms with van der Waals surface area (Å²) in [6.07, 6.45) is 0. The molecule has 2 N–H and O–H groups in total. The second-order valence-electron chi connectivity index (χ2n) is 6.31. The monoisotopic (exact) mass is 360 g/mol. The molecule has 5 nitrogen and oxygen atoms in total. The van der Waals surface area contributed by atoms with Crippen LogP contribution in [0.15, 0.2) is 54.6 Å². The van der Waals surface area contributed by atoms with E-state index in [2.05, 4.69) is 10.0 Å². The van der Waals surface area contributed by atoms with Crippen LogP contribution in [0.5, 0.6) is 0 Å². The molecule has 2 aromatic carbocycles. The SMILES string of the molecule is Cc1ccccc1CS(=O)(=O)N[C@H](C(=O)NC(C)C)c1ccccc1. The van der Waals surface area contributed by atoms with E-state index in [1.807, 2.05) is 39.0 Å². The van der Waals surface area contributed by atoms with Crippen LogP contribution in [0.4, 0.5) is 0 Å². The largest absolute Gasteiger partial charge is 0.352 e. The first-order valence-electron chi connectivity index (χ1n) is 8.18. The van der Waals surface area contributed by atoms with E-state index in [-0.39, 0.29) is 17.7 Å². The summed E-state index contributed by atoms with van der Waals surface area (Å²) >= 11 is 0. The Morgan fingerprint density at radius 2 is 1.60 bits per heavy atom. The molecule has 0 aliphatic carbocycles. The van der Waals surface area contributed by atoms with Gasteiger partial charge in [0.1, 0.15) is 6.04 Å². The van der Waals surface area contributed by atoms with Crippen LogP contribution in [-0.2, 0) is 20.6 Å². The van der Waals surface area contributed by atoms with Gasteiger partial charge in [-0.05, 0) is 37.5 Å². The van der Waals surface area contributed by atoms with Gasteiger partial charge in [-0.2, -0.15) is 4.72 Å². The van der Waals surface area contributed by atoms with Crippen molar-refractivity contribution in [3.63, 3.8) is 0 Å². The van der Waals surface area contributed by atoms with Gasteiger partial charge in [0, 0.05) is 6.04 Å². The Morgan fingerprint density at radius 1 is 1.00 bits per heavy atom. The van der Waals surface area contributed by atoms with E-state index < -0.39 is 16.1 Å². The van der Waals surface area contributed by atoms with Crippen molar-refractivity contribution in [1.82, 2.24) is 10.0 Å². The van der Waals surface area contributed by atoms with Crippen LogP contribution < -0.4 is 10.0 Å². The maximum Gasteiger partial charge on any atom is 0.242 e. The highest BCUT2D eigenvalue weighted by atomic mass is 32.2. The molecule has 1 atom stereocenters. The molecule has 0 aliphatic heterocycles. The van der Waals surface area contributed by atoms with Gasteiger partial charge in [0.05, 0.1) is 5.75 Å². The highest BCUT2D eigenvalue weighted by Gasteiger charge is 2.26. The highest BCUT2D eigenvalue weighted by molar-refractivity contribution is 7.88. The number of carbonyl (C=O) groups excluding carboxylic acids is 1. The summed E-state index contributed by atoms with van der Waals surface area (Å²) in [5, 5.41) is 2.77. The van der Waals surface area contributed by atoms with Gasteiger partial charge in [0.15, 0.2) is 0 Å². The smallest absolute Gasteiger partial charge is 0.242 e. The number of carbonyl (C=O) groups is 1. The van der Waals surface area contributed by atoms with Crippen molar-refractivity contribution in [1.29, 1.82) is 0 Å². The number of amides is 1. The molecule has 1 amide bonds. The number of sulfonamides is 1. The standard InChI is InChI=1S/C19H24N2O3S/c1-14(2)20-19(22)18(16-10-5-4-6-11-16)21-25(23,24)13-17-12-8-7-9-15(17)3/h4-12,14,18,21H,13H2,1-3H3,(H,20,22)/t18-/m0/s1. The van der Waals surface area contributed by atoms with Crippen LogP contribution >= 0.6 is 0 Å². The molecule has 0 aliphatic rings. The fourth-order valence-electron chi connectivity index (χ4n) is 2.48. The van der Waals surface area contributed by atoms with Crippen LogP contribution in [0, 0.1) is 6.92 Å². The Balaban J connectivity index is 2.26. The number of hydrogen-bond donors (Lipinski definition) is 2. The molecular weight excluding hydrogens is 336 g/mol. The maximum atomic E-state index is 12.6. The van der Waals surface area contributed by atoms with E-state index in [0.29, 0.717) is 11.1 Å². The van der Waals surface area contributed by atoms with E-state index >= 15 is 0 Å². The van der Waals surface area contributed by atoms with Crippen LogP contribution in [-0.4, -0.2) is 20.4 Å². The lowest BCUT2D eigenvalue weighted by Crippen LogP contribution is -2.43. The average Bonchev–Trinajstić information content (AvgIpc) is 2.55. The number of nitrogens with one attached hydrogen (secondary N) is 2. The van der Waals surface area contributed by atoms with E-state index in [1.165, 1.54) is 0 Å². The molecule has 0 heterocycles. The van der Waals surface area contributed by atoms with Crippen molar-refractivity contribution < 1.29 is 13.2 Å². The van der Waals surface area contributed by atoms with E-state index in [4.69, 9.17) is 0 Å². The predicted molar refractivity (Wildman–Crippen MR) is 99.4 cm³/mol. The second kappa shape index (κ2) is 8.27. The first-order valence-corrected chi connectivity index (χ1v) is 9.83. The highest BCUT2D eigenvalue weighted by Crippen LogP contribution is 2.17. The molecule has 0 bridgehead atoms. The number of benzene rings is 2. The van der Waals surface area contributed by atoms with Gasteiger partial charge in [-0.3, -0.25) is 4.79 Å². The average molecular weight is 360 g/mol. The van der Waals surface area contributed by atoms with Crippen LogP contribution in [0.2, 0.25) is 0 Å². The molecule has 134 valence electrons. The summed E-state index contributed by atoms with van der Waals surface area (Å²) in [5.74, 6) is -0.535. The molecule has 25 heavy (non-hydrogen) atoms. The second-order valence-corrected chi connectivity index (χ2v) is 8.06. The number of aryl methyl sites for hydroxylation is 1. The summed E-state index contributed by atoms with van der Waals surface area (Å²) in [6.45, 7) is 5.54. The Hall–Kier alpha value is -2.18. The maximum absolute atomic E-state index is 12.6. The lowest BCUT2D eigenvalue weighted by molar-refractivity contribution is -0.123. The van der Waals surface area contributed by atoms with E-state index in [1.54, 1.807) is 36.4 Å². The molecule has 0 unspecified atom stereocenters. The molecule has 0 saturated carbocycles. The zero-order valence-electron chi connectivity index (χ0n) is 14.7. The molecule has 2 rings (SSSR count). The van der Waals surface area contributed by atoms with Crippen molar-refractivity contribution in [2.24, 2.45) is 0 Å². The lowest BCUT2D eigenvalue weighted by atomic mass is 10.1. The third-order valence-electron chi connectivity index (χ3n) is 3.73. The van der Waals surface area contributed by atoms with Crippen molar-refractivity contribution >= 4 is 15.9 Å². The fourth-order valence-corrected chi connectivity index (χ4v) is 3.90.